The molecule has 2 rings (SSSR count). The summed E-state index contributed by atoms with van der Waals surface area (Å²) in [6, 6.07) is 9.59. The summed E-state index contributed by atoms with van der Waals surface area (Å²) >= 11 is 5.97. The monoisotopic (exact) mass is 279 g/mol. The van der Waals surface area contributed by atoms with Gasteiger partial charge in [0.05, 0.1) is 13.2 Å². The highest BCUT2D eigenvalue weighted by molar-refractivity contribution is 6.31. The molecule has 0 saturated heterocycles. The van der Waals surface area contributed by atoms with Crippen LogP contribution in [0.4, 0.5) is 4.39 Å². The molecule has 1 unspecified atom stereocenters. The smallest absolute Gasteiger partial charge is 0.132 e. The SMILES string of the molecule is COc1ccc(C(N)c2ccc(Cl)c(C)c2)c(F)c1. The van der Waals surface area contributed by atoms with Gasteiger partial charge in [0, 0.05) is 16.7 Å². The van der Waals surface area contributed by atoms with E-state index in [1.54, 1.807) is 18.2 Å². The number of methoxy groups -OCH3 is 1. The summed E-state index contributed by atoms with van der Waals surface area (Å²) < 4.78 is 18.9. The molecule has 0 saturated carbocycles. The lowest BCUT2D eigenvalue weighted by Gasteiger charge is -2.15. The minimum absolute atomic E-state index is 0.376. The third-order valence-electron chi connectivity index (χ3n) is 3.08. The van der Waals surface area contributed by atoms with Crippen molar-refractivity contribution in [2.45, 2.75) is 13.0 Å². The molecule has 1 atom stereocenters. The topological polar surface area (TPSA) is 35.2 Å². The number of benzene rings is 2. The van der Waals surface area contributed by atoms with Gasteiger partial charge in [-0.05, 0) is 30.2 Å². The van der Waals surface area contributed by atoms with Crippen LogP contribution in [0.5, 0.6) is 5.75 Å². The Labute approximate surface area is 117 Å². The van der Waals surface area contributed by atoms with E-state index in [0.717, 1.165) is 11.1 Å². The predicted molar refractivity (Wildman–Crippen MR) is 75.2 cm³/mol. The first kappa shape index (κ1) is 13.8. The molecule has 19 heavy (non-hydrogen) atoms. The van der Waals surface area contributed by atoms with Crippen molar-refractivity contribution >= 4 is 11.6 Å². The fourth-order valence-corrected chi connectivity index (χ4v) is 2.05. The number of hydrogen-bond acceptors (Lipinski definition) is 2. The average Bonchev–Trinajstić information content (AvgIpc) is 2.41. The van der Waals surface area contributed by atoms with Crippen molar-refractivity contribution in [1.82, 2.24) is 0 Å². The largest absolute Gasteiger partial charge is 0.497 e. The third-order valence-corrected chi connectivity index (χ3v) is 3.51. The quantitative estimate of drug-likeness (QED) is 0.926. The molecule has 0 fully saturated rings. The van der Waals surface area contributed by atoms with E-state index in [9.17, 15) is 4.39 Å². The first-order chi connectivity index (χ1) is 9.02. The predicted octanol–water partition coefficient (Wildman–Crippen LogP) is 3.84. The van der Waals surface area contributed by atoms with Crippen molar-refractivity contribution in [3.05, 3.63) is 63.9 Å². The minimum atomic E-state index is -0.526. The highest BCUT2D eigenvalue weighted by Gasteiger charge is 2.15. The van der Waals surface area contributed by atoms with Crippen LogP contribution in [0.2, 0.25) is 5.02 Å². The maximum Gasteiger partial charge on any atom is 0.132 e. The molecule has 0 heterocycles. The van der Waals surface area contributed by atoms with E-state index in [4.69, 9.17) is 22.1 Å². The van der Waals surface area contributed by atoms with Gasteiger partial charge in [-0.2, -0.15) is 0 Å². The normalized spacial score (nSPS) is 12.3. The van der Waals surface area contributed by atoms with Gasteiger partial charge in [0.1, 0.15) is 11.6 Å². The van der Waals surface area contributed by atoms with Crippen LogP contribution in [0.1, 0.15) is 22.7 Å². The number of hydrogen-bond donors (Lipinski definition) is 1. The zero-order valence-electron chi connectivity index (χ0n) is 10.8. The maximum absolute atomic E-state index is 14.0. The standard InChI is InChI=1S/C15H15ClFNO/c1-9-7-10(3-6-13(9)16)15(18)12-5-4-11(19-2)8-14(12)17/h3-8,15H,18H2,1-2H3. The van der Waals surface area contributed by atoms with Crippen molar-refractivity contribution in [2.75, 3.05) is 7.11 Å². The van der Waals surface area contributed by atoms with Crippen LogP contribution in [0.3, 0.4) is 0 Å². The number of rotatable bonds is 3. The number of aryl methyl sites for hydroxylation is 1. The Morgan fingerprint density at radius 3 is 2.53 bits per heavy atom. The summed E-state index contributed by atoms with van der Waals surface area (Å²) in [6.45, 7) is 1.89. The molecule has 0 amide bonds. The fourth-order valence-electron chi connectivity index (χ4n) is 1.93. The van der Waals surface area contributed by atoms with Crippen LogP contribution in [-0.2, 0) is 0 Å². The molecule has 2 aromatic rings. The Hall–Kier alpha value is -1.58. The molecule has 0 spiro atoms. The van der Waals surface area contributed by atoms with Crippen LogP contribution >= 0.6 is 11.6 Å². The first-order valence-corrected chi connectivity index (χ1v) is 6.26. The van der Waals surface area contributed by atoms with Gasteiger partial charge in [0.25, 0.3) is 0 Å². The van der Waals surface area contributed by atoms with E-state index < -0.39 is 6.04 Å². The van der Waals surface area contributed by atoms with Crippen molar-refractivity contribution in [3.8, 4) is 5.75 Å². The van der Waals surface area contributed by atoms with Crippen LogP contribution in [0.25, 0.3) is 0 Å². The molecule has 100 valence electrons. The number of ether oxygens (including phenoxy) is 1. The summed E-state index contributed by atoms with van der Waals surface area (Å²) in [4.78, 5) is 0. The highest BCUT2D eigenvalue weighted by Crippen LogP contribution is 2.27. The molecule has 0 radical (unpaired) electrons. The van der Waals surface area contributed by atoms with Crippen LogP contribution in [0.15, 0.2) is 36.4 Å². The zero-order valence-corrected chi connectivity index (χ0v) is 11.5. The van der Waals surface area contributed by atoms with Crippen LogP contribution in [0, 0.1) is 12.7 Å². The second kappa shape index (κ2) is 5.59. The van der Waals surface area contributed by atoms with E-state index in [0.29, 0.717) is 16.3 Å². The average molecular weight is 280 g/mol. The fraction of sp³-hybridized carbons (Fsp3) is 0.200. The Morgan fingerprint density at radius 2 is 1.95 bits per heavy atom. The van der Waals surface area contributed by atoms with E-state index >= 15 is 0 Å². The third kappa shape index (κ3) is 2.88. The van der Waals surface area contributed by atoms with Gasteiger partial charge in [0.15, 0.2) is 0 Å². The molecule has 0 aromatic heterocycles. The van der Waals surface area contributed by atoms with Gasteiger partial charge < -0.3 is 10.5 Å². The van der Waals surface area contributed by atoms with Gasteiger partial charge >= 0.3 is 0 Å². The number of halogens is 2. The molecular weight excluding hydrogens is 265 g/mol. The summed E-state index contributed by atoms with van der Waals surface area (Å²) in [5.41, 5.74) is 8.28. The van der Waals surface area contributed by atoms with Gasteiger partial charge in [-0.3, -0.25) is 0 Å². The first-order valence-electron chi connectivity index (χ1n) is 5.88. The Bertz CT molecular complexity index is 601. The summed E-state index contributed by atoms with van der Waals surface area (Å²) in [7, 11) is 1.50. The minimum Gasteiger partial charge on any atom is -0.497 e. The Morgan fingerprint density at radius 1 is 1.21 bits per heavy atom. The number of nitrogens with two attached hydrogens (primary N) is 1. The van der Waals surface area contributed by atoms with Crippen molar-refractivity contribution in [3.63, 3.8) is 0 Å². The second-order valence-corrected chi connectivity index (χ2v) is 4.78. The second-order valence-electron chi connectivity index (χ2n) is 4.37. The van der Waals surface area contributed by atoms with E-state index in [2.05, 4.69) is 0 Å². The highest BCUT2D eigenvalue weighted by atomic mass is 35.5. The van der Waals surface area contributed by atoms with E-state index in [-0.39, 0.29) is 5.82 Å². The lowest BCUT2D eigenvalue weighted by atomic mass is 9.97. The summed E-state index contributed by atoms with van der Waals surface area (Å²) in [5.74, 6) is 0.0974. The van der Waals surface area contributed by atoms with Gasteiger partial charge in [-0.25, -0.2) is 4.39 Å². The van der Waals surface area contributed by atoms with Crippen molar-refractivity contribution in [2.24, 2.45) is 5.73 Å². The maximum atomic E-state index is 14.0. The van der Waals surface area contributed by atoms with Crippen molar-refractivity contribution in [1.29, 1.82) is 0 Å². The molecule has 2 aromatic carbocycles. The van der Waals surface area contributed by atoms with Crippen molar-refractivity contribution < 1.29 is 9.13 Å². The van der Waals surface area contributed by atoms with Crippen LogP contribution < -0.4 is 10.5 Å². The van der Waals surface area contributed by atoms with Gasteiger partial charge in [-0.15, -0.1) is 0 Å². The molecule has 0 aliphatic rings. The summed E-state index contributed by atoms with van der Waals surface area (Å²) in [6.07, 6.45) is 0. The van der Waals surface area contributed by atoms with E-state index in [1.165, 1.54) is 13.2 Å². The molecule has 2 nitrogen and oxygen atoms in total. The Balaban J connectivity index is 2.38. The molecule has 4 heteroatoms. The van der Waals surface area contributed by atoms with E-state index in [1.807, 2.05) is 19.1 Å². The van der Waals surface area contributed by atoms with Crippen LogP contribution in [-0.4, -0.2) is 7.11 Å². The molecule has 0 aliphatic heterocycles. The lowest BCUT2D eigenvalue weighted by Crippen LogP contribution is -2.13. The molecule has 0 aliphatic carbocycles. The zero-order chi connectivity index (χ0) is 14.0. The Kier molecular flexibility index (Phi) is 4.08. The molecular formula is C15H15ClFNO. The lowest BCUT2D eigenvalue weighted by molar-refractivity contribution is 0.410. The summed E-state index contributed by atoms with van der Waals surface area (Å²) in [5, 5.41) is 0.672. The molecule has 2 N–H and O–H groups in total. The van der Waals surface area contributed by atoms with Gasteiger partial charge in [-0.1, -0.05) is 29.8 Å². The van der Waals surface area contributed by atoms with Gasteiger partial charge in [0.2, 0.25) is 0 Å². The molecule has 0 bridgehead atoms.